The van der Waals surface area contributed by atoms with E-state index in [0.29, 0.717) is 16.9 Å². The average Bonchev–Trinajstić information content (AvgIpc) is 2.41. The zero-order valence-corrected chi connectivity index (χ0v) is 10.2. The van der Waals surface area contributed by atoms with Gasteiger partial charge in [0.2, 0.25) is 0 Å². The number of halogens is 1. The molecule has 0 spiro atoms. The standard InChI is InChI=1S/C15H10FN3/c1-10-5-6-14(11(7-10)8-17)19-15-4-2-3-13(16)12(15)9-18/h2-7,19H,1H3. The van der Waals surface area contributed by atoms with Crippen LogP contribution in [0.3, 0.4) is 0 Å². The van der Waals surface area contributed by atoms with Crippen LogP contribution < -0.4 is 5.32 Å². The van der Waals surface area contributed by atoms with Gasteiger partial charge in [-0.25, -0.2) is 4.39 Å². The lowest BCUT2D eigenvalue weighted by Crippen LogP contribution is -1.98. The Morgan fingerprint density at radius 3 is 2.53 bits per heavy atom. The molecule has 4 heteroatoms. The maximum Gasteiger partial charge on any atom is 0.143 e. The second kappa shape index (κ2) is 5.20. The van der Waals surface area contributed by atoms with Crippen LogP contribution in [-0.4, -0.2) is 0 Å². The van der Waals surface area contributed by atoms with Gasteiger partial charge in [-0.2, -0.15) is 10.5 Å². The van der Waals surface area contributed by atoms with Crippen LogP contribution in [0.5, 0.6) is 0 Å². The van der Waals surface area contributed by atoms with Crippen LogP contribution in [0, 0.1) is 35.4 Å². The molecule has 2 aromatic rings. The quantitative estimate of drug-likeness (QED) is 0.886. The van der Waals surface area contributed by atoms with E-state index in [-0.39, 0.29) is 5.56 Å². The predicted octanol–water partition coefficient (Wildman–Crippen LogP) is 3.62. The molecule has 2 aromatic carbocycles. The molecular weight excluding hydrogens is 241 g/mol. The molecule has 0 radical (unpaired) electrons. The van der Waals surface area contributed by atoms with Gasteiger partial charge in [0.05, 0.1) is 16.9 Å². The largest absolute Gasteiger partial charge is 0.353 e. The fourth-order valence-electron chi connectivity index (χ4n) is 1.75. The summed E-state index contributed by atoms with van der Waals surface area (Å²) in [5, 5.41) is 21.0. The molecule has 0 aliphatic heterocycles. The summed E-state index contributed by atoms with van der Waals surface area (Å²) in [6, 6.07) is 13.5. The number of benzene rings is 2. The Morgan fingerprint density at radius 1 is 1.05 bits per heavy atom. The van der Waals surface area contributed by atoms with Gasteiger partial charge in [0.1, 0.15) is 23.5 Å². The molecule has 3 nitrogen and oxygen atoms in total. The minimum Gasteiger partial charge on any atom is -0.353 e. The number of anilines is 2. The van der Waals surface area contributed by atoms with Crippen LogP contribution in [0.25, 0.3) is 0 Å². The van der Waals surface area contributed by atoms with E-state index in [1.54, 1.807) is 18.2 Å². The summed E-state index contributed by atoms with van der Waals surface area (Å²) < 4.78 is 13.5. The van der Waals surface area contributed by atoms with Gasteiger partial charge >= 0.3 is 0 Å². The van der Waals surface area contributed by atoms with E-state index >= 15 is 0 Å². The number of nitrogens with zero attached hydrogens (tertiary/aromatic N) is 2. The lowest BCUT2D eigenvalue weighted by atomic mass is 10.1. The lowest BCUT2D eigenvalue weighted by molar-refractivity contribution is 0.624. The number of rotatable bonds is 2. The van der Waals surface area contributed by atoms with Crippen molar-refractivity contribution < 1.29 is 4.39 Å². The van der Waals surface area contributed by atoms with Gasteiger partial charge in [-0.05, 0) is 36.8 Å². The van der Waals surface area contributed by atoms with Gasteiger partial charge in [-0.1, -0.05) is 12.1 Å². The van der Waals surface area contributed by atoms with Crippen LogP contribution in [0.4, 0.5) is 15.8 Å². The van der Waals surface area contributed by atoms with Gasteiger partial charge in [0.15, 0.2) is 0 Å². The summed E-state index contributed by atoms with van der Waals surface area (Å²) in [5.74, 6) is -0.585. The molecule has 0 aliphatic rings. The molecule has 0 fully saturated rings. The van der Waals surface area contributed by atoms with Crippen molar-refractivity contribution in [2.45, 2.75) is 6.92 Å². The van der Waals surface area contributed by atoms with Gasteiger partial charge in [0, 0.05) is 0 Å². The molecule has 1 N–H and O–H groups in total. The van der Waals surface area contributed by atoms with Gasteiger partial charge < -0.3 is 5.32 Å². The zero-order valence-electron chi connectivity index (χ0n) is 10.2. The van der Waals surface area contributed by atoms with E-state index in [4.69, 9.17) is 10.5 Å². The Bertz CT molecular complexity index is 708. The number of hydrogen-bond donors (Lipinski definition) is 1. The lowest BCUT2D eigenvalue weighted by Gasteiger charge is -2.10. The number of nitrogens with one attached hydrogen (secondary N) is 1. The zero-order chi connectivity index (χ0) is 13.8. The molecular formula is C15H10FN3. The SMILES string of the molecule is Cc1ccc(Nc2cccc(F)c2C#N)c(C#N)c1. The minimum absolute atomic E-state index is 0.0630. The van der Waals surface area contributed by atoms with E-state index in [2.05, 4.69) is 11.4 Å². The van der Waals surface area contributed by atoms with E-state index in [0.717, 1.165) is 5.56 Å². The first-order valence-corrected chi connectivity index (χ1v) is 5.62. The summed E-state index contributed by atoms with van der Waals surface area (Å²) >= 11 is 0. The Hall–Kier alpha value is -2.85. The first kappa shape index (κ1) is 12.6. The van der Waals surface area contributed by atoms with Crippen LogP contribution in [0.1, 0.15) is 16.7 Å². The molecule has 92 valence electrons. The highest BCUT2D eigenvalue weighted by Crippen LogP contribution is 2.25. The third-order valence-corrected chi connectivity index (χ3v) is 2.69. The maximum atomic E-state index is 13.5. The average molecular weight is 251 g/mol. The molecule has 0 bridgehead atoms. The van der Waals surface area contributed by atoms with Crippen molar-refractivity contribution in [3.8, 4) is 12.1 Å². The smallest absolute Gasteiger partial charge is 0.143 e. The molecule has 0 unspecified atom stereocenters. The summed E-state index contributed by atoms with van der Waals surface area (Å²) in [7, 11) is 0. The fraction of sp³-hybridized carbons (Fsp3) is 0.0667. The third-order valence-electron chi connectivity index (χ3n) is 2.69. The van der Waals surface area contributed by atoms with Crippen molar-refractivity contribution in [3.05, 3.63) is 58.9 Å². The summed E-state index contributed by atoms with van der Waals surface area (Å²) in [4.78, 5) is 0. The van der Waals surface area contributed by atoms with Crippen LogP contribution >= 0.6 is 0 Å². The van der Waals surface area contributed by atoms with Crippen LogP contribution in [0.2, 0.25) is 0 Å². The Balaban J connectivity index is 2.46. The summed E-state index contributed by atoms with van der Waals surface area (Å²) in [6.45, 7) is 1.88. The molecule has 0 saturated carbocycles. The van der Waals surface area contributed by atoms with Crippen LogP contribution in [-0.2, 0) is 0 Å². The number of hydrogen-bond acceptors (Lipinski definition) is 3. The monoisotopic (exact) mass is 251 g/mol. The minimum atomic E-state index is -0.585. The van der Waals surface area contributed by atoms with E-state index < -0.39 is 5.82 Å². The van der Waals surface area contributed by atoms with Gasteiger partial charge in [0.25, 0.3) is 0 Å². The molecule has 0 aliphatic carbocycles. The fourth-order valence-corrected chi connectivity index (χ4v) is 1.75. The van der Waals surface area contributed by atoms with E-state index in [1.165, 1.54) is 12.1 Å². The molecule has 19 heavy (non-hydrogen) atoms. The Labute approximate surface area is 110 Å². The van der Waals surface area contributed by atoms with Crippen molar-refractivity contribution >= 4 is 11.4 Å². The number of nitriles is 2. The second-order valence-electron chi connectivity index (χ2n) is 4.06. The Kier molecular flexibility index (Phi) is 3.45. The first-order chi connectivity index (χ1) is 9.15. The van der Waals surface area contributed by atoms with Crippen molar-refractivity contribution in [1.29, 1.82) is 10.5 Å². The third kappa shape index (κ3) is 2.53. The highest BCUT2D eigenvalue weighted by Gasteiger charge is 2.09. The molecule has 0 amide bonds. The number of aryl methyl sites for hydroxylation is 1. The van der Waals surface area contributed by atoms with E-state index in [9.17, 15) is 4.39 Å². The summed E-state index contributed by atoms with van der Waals surface area (Å²) in [5.41, 5.74) is 2.25. The molecule has 0 atom stereocenters. The van der Waals surface area contributed by atoms with Crippen molar-refractivity contribution in [2.24, 2.45) is 0 Å². The Morgan fingerprint density at radius 2 is 1.84 bits per heavy atom. The van der Waals surface area contributed by atoms with Crippen molar-refractivity contribution in [1.82, 2.24) is 0 Å². The highest BCUT2D eigenvalue weighted by atomic mass is 19.1. The molecule has 0 heterocycles. The van der Waals surface area contributed by atoms with Crippen molar-refractivity contribution in [3.63, 3.8) is 0 Å². The van der Waals surface area contributed by atoms with Crippen molar-refractivity contribution in [2.75, 3.05) is 5.32 Å². The van der Waals surface area contributed by atoms with Crippen LogP contribution in [0.15, 0.2) is 36.4 Å². The van der Waals surface area contributed by atoms with Gasteiger partial charge in [-0.15, -0.1) is 0 Å². The van der Waals surface area contributed by atoms with Gasteiger partial charge in [-0.3, -0.25) is 0 Å². The molecule has 0 aromatic heterocycles. The second-order valence-corrected chi connectivity index (χ2v) is 4.06. The predicted molar refractivity (Wildman–Crippen MR) is 70.3 cm³/mol. The maximum absolute atomic E-state index is 13.5. The van der Waals surface area contributed by atoms with E-state index in [1.807, 2.05) is 19.1 Å². The summed E-state index contributed by atoms with van der Waals surface area (Å²) in [6.07, 6.45) is 0. The normalized spacial score (nSPS) is 9.47. The molecule has 0 saturated heterocycles. The highest BCUT2D eigenvalue weighted by molar-refractivity contribution is 5.71. The topological polar surface area (TPSA) is 59.6 Å². The molecule has 2 rings (SSSR count). The first-order valence-electron chi connectivity index (χ1n) is 5.62.